The molecule has 1 aromatic rings. The summed E-state index contributed by atoms with van der Waals surface area (Å²) in [6.45, 7) is 16.9. The number of carbonyl (C=O) groups excluding carboxylic acids is 1. The van der Waals surface area contributed by atoms with E-state index in [2.05, 4.69) is 56.0 Å². The Labute approximate surface area is 175 Å². The molecule has 0 aromatic carbocycles. The molecule has 5 nitrogen and oxygen atoms in total. The summed E-state index contributed by atoms with van der Waals surface area (Å²) < 4.78 is 11.8. The van der Waals surface area contributed by atoms with E-state index in [1.165, 1.54) is 12.4 Å². The fraction of sp³-hybridized carbons (Fsp3) is 0.619. The predicted molar refractivity (Wildman–Crippen MR) is 117 cm³/mol. The van der Waals surface area contributed by atoms with E-state index in [9.17, 15) is 4.79 Å². The molecule has 1 amide bonds. The van der Waals surface area contributed by atoms with Crippen molar-refractivity contribution in [2.45, 2.75) is 77.7 Å². The molecule has 28 heavy (non-hydrogen) atoms. The lowest BCUT2D eigenvalue weighted by molar-refractivity contribution is -0.129. The maximum atomic E-state index is 12.6. The molecule has 1 aromatic heterocycles. The summed E-state index contributed by atoms with van der Waals surface area (Å²) in [4.78, 5) is 16.6. The normalized spacial score (nSPS) is 13.3. The lowest BCUT2D eigenvalue weighted by Crippen LogP contribution is -2.48. The summed E-state index contributed by atoms with van der Waals surface area (Å²) in [5.74, 6) is 6.37. The Balaban J connectivity index is 2.68. The minimum absolute atomic E-state index is 0.138. The molecule has 1 N–H and O–H groups in total. The molecule has 1 atom stereocenters. The number of pyridine rings is 1. The smallest absolute Gasteiger partial charge is 0.262 e. The van der Waals surface area contributed by atoms with Crippen LogP contribution in [0.15, 0.2) is 18.5 Å². The fourth-order valence-corrected chi connectivity index (χ4v) is 3.08. The van der Waals surface area contributed by atoms with Crippen molar-refractivity contribution in [3.63, 3.8) is 0 Å². The Morgan fingerprint density at radius 1 is 1.29 bits per heavy atom. The second-order valence-corrected chi connectivity index (χ2v) is 14.1. The van der Waals surface area contributed by atoms with E-state index in [1.54, 1.807) is 6.07 Å². The molecule has 0 aliphatic rings. The van der Waals surface area contributed by atoms with E-state index in [4.69, 9.17) is 20.8 Å². The van der Waals surface area contributed by atoms with Crippen LogP contribution in [-0.2, 0) is 9.22 Å². The first-order chi connectivity index (χ1) is 12.8. The number of hydrogen-bond donors (Lipinski definition) is 1. The predicted octanol–water partition coefficient (Wildman–Crippen LogP) is 4.81. The quantitative estimate of drug-likeness (QED) is 0.503. The maximum absolute atomic E-state index is 12.6. The van der Waals surface area contributed by atoms with Crippen molar-refractivity contribution in [2.75, 3.05) is 6.61 Å². The summed E-state index contributed by atoms with van der Waals surface area (Å²) in [5, 5.41) is 3.53. The molecular formula is C21H33ClN2O3Si. The summed E-state index contributed by atoms with van der Waals surface area (Å²) in [7, 11) is -1.83. The van der Waals surface area contributed by atoms with Crippen molar-refractivity contribution < 1.29 is 14.0 Å². The number of amides is 1. The lowest BCUT2D eigenvalue weighted by atomic mass is 10.1. The molecule has 1 unspecified atom stereocenters. The van der Waals surface area contributed by atoms with E-state index >= 15 is 0 Å². The van der Waals surface area contributed by atoms with Gasteiger partial charge in [-0.3, -0.25) is 9.78 Å². The number of nitrogens with one attached hydrogen (secondary N) is 1. The number of hydrogen-bond acceptors (Lipinski definition) is 4. The summed E-state index contributed by atoms with van der Waals surface area (Å²) >= 11 is 5.92. The van der Waals surface area contributed by atoms with Gasteiger partial charge in [-0.05, 0) is 38.4 Å². The van der Waals surface area contributed by atoms with E-state index < -0.39 is 20.0 Å². The van der Waals surface area contributed by atoms with Crippen LogP contribution in [0.1, 0.15) is 48.0 Å². The molecule has 0 saturated heterocycles. The third-order valence-electron chi connectivity index (χ3n) is 4.77. The largest absolute Gasteiger partial charge is 0.479 e. The first-order valence-corrected chi connectivity index (χ1v) is 12.8. The highest BCUT2D eigenvalue weighted by Gasteiger charge is 2.36. The minimum Gasteiger partial charge on any atom is -0.479 e. The van der Waals surface area contributed by atoms with Crippen LogP contribution in [0.3, 0.4) is 0 Å². The van der Waals surface area contributed by atoms with E-state index in [-0.39, 0.29) is 10.9 Å². The van der Waals surface area contributed by atoms with Gasteiger partial charge in [0.1, 0.15) is 5.75 Å². The zero-order valence-corrected chi connectivity index (χ0v) is 20.0. The van der Waals surface area contributed by atoms with Gasteiger partial charge in [0.25, 0.3) is 5.91 Å². The number of aromatic nitrogens is 1. The third kappa shape index (κ3) is 7.82. The van der Waals surface area contributed by atoms with Crippen molar-refractivity contribution in [1.82, 2.24) is 10.3 Å². The SMILES string of the molecule is CCC(Oc1cncc(Cl)c1)C(=O)NC(C)(C)C#CCO[Si](C)(C)C(C)(C)C. The number of halogens is 1. The van der Waals surface area contributed by atoms with Gasteiger partial charge >= 0.3 is 0 Å². The Morgan fingerprint density at radius 2 is 1.93 bits per heavy atom. The number of rotatable bonds is 7. The van der Waals surface area contributed by atoms with Gasteiger partial charge in [-0.2, -0.15) is 0 Å². The van der Waals surface area contributed by atoms with Gasteiger partial charge in [0.15, 0.2) is 14.4 Å². The van der Waals surface area contributed by atoms with Gasteiger partial charge in [-0.1, -0.05) is 51.1 Å². The van der Waals surface area contributed by atoms with Crippen LogP contribution in [-0.4, -0.2) is 37.5 Å². The monoisotopic (exact) mass is 424 g/mol. The average molecular weight is 425 g/mol. The first kappa shape index (κ1) is 24.5. The summed E-state index contributed by atoms with van der Waals surface area (Å²) in [5.41, 5.74) is -0.697. The maximum Gasteiger partial charge on any atom is 0.262 e. The number of ether oxygens (including phenoxy) is 1. The van der Waals surface area contributed by atoms with Crippen LogP contribution >= 0.6 is 11.6 Å². The zero-order valence-electron chi connectivity index (χ0n) is 18.3. The van der Waals surface area contributed by atoms with Crippen LogP contribution in [0.4, 0.5) is 0 Å². The first-order valence-electron chi connectivity index (χ1n) is 9.50. The van der Waals surface area contributed by atoms with E-state index in [0.29, 0.717) is 23.8 Å². The molecule has 0 radical (unpaired) electrons. The highest BCUT2D eigenvalue weighted by atomic mass is 35.5. The zero-order chi connectivity index (χ0) is 21.6. The van der Waals surface area contributed by atoms with Crippen LogP contribution in [0.2, 0.25) is 23.2 Å². The highest BCUT2D eigenvalue weighted by molar-refractivity contribution is 6.74. The average Bonchev–Trinajstić information content (AvgIpc) is 2.55. The van der Waals surface area contributed by atoms with Crippen molar-refractivity contribution in [1.29, 1.82) is 0 Å². The van der Waals surface area contributed by atoms with Gasteiger partial charge in [-0.25, -0.2) is 0 Å². The lowest BCUT2D eigenvalue weighted by Gasteiger charge is -2.35. The number of nitrogens with zero attached hydrogens (tertiary/aromatic N) is 1. The second-order valence-electron chi connectivity index (χ2n) is 8.82. The second kappa shape index (κ2) is 9.77. The van der Waals surface area contributed by atoms with Crippen molar-refractivity contribution in [3.05, 3.63) is 23.5 Å². The molecule has 7 heteroatoms. The molecule has 1 heterocycles. The Morgan fingerprint density at radius 3 is 2.46 bits per heavy atom. The fourth-order valence-electron chi connectivity index (χ4n) is 2.05. The van der Waals surface area contributed by atoms with Crippen LogP contribution < -0.4 is 10.1 Å². The van der Waals surface area contributed by atoms with Gasteiger partial charge in [0, 0.05) is 12.3 Å². The van der Waals surface area contributed by atoms with Gasteiger partial charge < -0.3 is 14.5 Å². The molecule has 0 aliphatic carbocycles. The molecule has 0 fully saturated rings. The third-order valence-corrected chi connectivity index (χ3v) is 9.45. The molecule has 156 valence electrons. The van der Waals surface area contributed by atoms with Crippen LogP contribution in [0.5, 0.6) is 5.75 Å². The molecule has 0 spiro atoms. The van der Waals surface area contributed by atoms with Crippen molar-refractivity contribution >= 4 is 25.8 Å². The van der Waals surface area contributed by atoms with Gasteiger partial charge in [0.2, 0.25) is 0 Å². The minimum atomic E-state index is -1.83. The van der Waals surface area contributed by atoms with Crippen molar-refractivity contribution in [3.8, 4) is 17.6 Å². The van der Waals surface area contributed by atoms with Crippen LogP contribution in [0.25, 0.3) is 0 Å². The number of carbonyl (C=O) groups is 1. The molecule has 0 saturated carbocycles. The standard InChI is InChI=1S/C21H33ClN2O3Si/c1-9-18(27-17-13-16(22)14-23-15-17)19(25)24-21(5,6)11-10-12-26-28(7,8)20(2,3)4/h13-15,18H,9,12H2,1-8H3,(H,24,25). The van der Waals surface area contributed by atoms with E-state index in [0.717, 1.165) is 0 Å². The molecule has 0 aliphatic heterocycles. The molecule has 1 rings (SSSR count). The Hall–Kier alpha value is -1.55. The van der Waals surface area contributed by atoms with Gasteiger partial charge in [-0.15, -0.1) is 0 Å². The van der Waals surface area contributed by atoms with Crippen molar-refractivity contribution in [2.24, 2.45) is 0 Å². The highest BCUT2D eigenvalue weighted by Crippen LogP contribution is 2.36. The van der Waals surface area contributed by atoms with Gasteiger partial charge in [0.05, 0.1) is 23.4 Å². The topological polar surface area (TPSA) is 60.5 Å². The summed E-state index contributed by atoms with van der Waals surface area (Å²) in [6.07, 6.45) is 2.91. The van der Waals surface area contributed by atoms with E-state index in [1.807, 2.05) is 20.8 Å². The Bertz CT molecular complexity index is 733. The molecular weight excluding hydrogens is 392 g/mol. The summed E-state index contributed by atoms with van der Waals surface area (Å²) in [6, 6.07) is 1.63. The molecule has 0 bridgehead atoms. The Kier molecular flexibility index (Phi) is 8.55. The van der Waals surface area contributed by atoms with Crippen LogP contribution in [0, 0.1) is 11.8 Å².